The van der Waals surface area contributed by atoms with E-state index in [1.54, 1.807) is 20.8 Å². The maximum Gasteiger partial charge on any atom is 0.550 e. The molecule has 2 rings (SSSR count). The monoisotopic (exact) mass is 395 g/mol. The van der Waals surface area contributed by atoms with Crippen LogP contribution in [-0.2, 0) is 28.1 Å². The van der Waals surface area contributed by atoms with E-state index in [4.69, 9.17) is 25.3 Å². The van der Waals surface area contributed by atoms with Crippen molar-refractivity contribution in [3.63, 3.8) is 0 Å². The number of phosphoric ester groups is 1. The molecule has 1 heterocycles. The van der Waals surface area contributed by atoms with Gasteiger partial charge >= 0.3 is 7.82 Å². The molecule has 0 fully saturated rings. The Balaban J connectivity index is 2.44. The second-order valence-corrected chi connectivity index (χ2v) is 9.45. The molecule has 0 bridgehead atoms. The molecule has 24 heavy (non-hydrogen) atoms. The van der Waals surface area contributed by atoms with Crippen LogP contribution >= 0.6 is 19.4 Å². The van der Waals surface area contributed by atoms with E-state index in [2.05, 4.69) is 5.16 Å². The predicted octanol–water partition coefficient (Wildman–Crippen LogP) is 3.81. The number of oxime groups is 1. The number of fused-ring (bicyclic) bond motifs is 1. The zero-order chi connectivity index (χ0) is 18.0. The number of halogens is 1. The molecule has 0 saturated carbocycles. The summed E-state index contributed by atoms with van der Waals surface area (Å²) in [4.78, 5) is 0.121. The minimum atomic E-state index is -3.83. The van der Waals surface area contributed by atoms with Gasteiger partial charge in [-0.1, -0.05) is 16.8 Å². The SMILES string of the molecule is CCOP(=O)(OCC)ON=C1C[C@@H](C)S(=O)(=O)c2ccc(Cl)cc21. The third-order valence-corrected chi connectivity index (χ3v) is 7.26. The van der Waals surface area contributed by atoms with Crippen LogP contribution in [0.5, 0.6) is 0 Å². The van der Waals surface area contributed by atoms with E-state index in [1.807, 2.05) is 0 Å². The first-order chi connectivity index (χ1) is 11.2. The number of sulfone groups is 1. The number of rotatable bonds is 6. The van der Waals surface area contributed by atoms with E-state index >= 15 is 0 Å². The molecule has 1 aliphatic rings. The second kappa shape index (κ2) is 7.54. The Morgan fingerprint density at radius 1 is 1.29 bits per heavy atom. The number of benzene rings is 1. The number of nitrogens with zero attached hydrogens (tertiary/aromatic N) is 1. The summed E-state index contributed by atoms with van der Waals surface area (Å²) in [6.45, 7) is 5.11. The predicted molar refractivity (Wildman–Crippen MR) is 91.2 cm³/mol. The van der Waals surface area contributed by atoms with Crippen molar-refractivity contribution in [1.29, 1.82) is 0 Å². The van der Waals surface area contributed by atoms with Crippen molar-refractivity contribution < 1.29 is 26.7 Å². The van der Waals surface area contributed by atoms with E-state index in [0.717, 1.165) is 0 Å². The van der Waals surface area contributed by atoms with Gasteiger partial charge in [-0.3, -0.25) is 13.7 Å². The Morgan fingerprint density at radius 3 is 2.50 bits per heavy atom. The minimum Gasteiger partial charge on any atom is -0.292 e. The topological polar surface area (TPSA) is 91.3 Å². The van der Waals surface area contributed by atoms with Gasteiger partial charge in [0.1, 0.15) is 0 Å². The van der Waals surface area contributed by atoms with Gasteiger partial charge in [-0.15, -0.1) is 0 Å². The van der Waals surface area contributed by atoms with Crippen LogP contribution in [0, 0.1) is 0 Å². The summed E-state index contributed by atoms with van der Waals surface area (Å²) in [5.41, 5.74) is 0.662. The van der Waals surface area contributed by atoms with Crippen LogP contribution in [0.2, 0.25) is 5.02 Å². The standard InChI is InChI=1S/C14H19ClNO6PS/c1-4-20-23(17,21-5-2)22-16-13-8-10(3)24(18,19)14-7-6-11(15)9-12(13)14/h6-7,9-10H,4-5,8H2,1-3H3/t10-/m1/s1. The van der Waals surface area contributed by atoms with E-state index in [9.17, 15) is 13.0 Å². The van der Waals surface area contributed by atoms with Gasteiger partial charge in [0.05, 0.1) is 29.1 Å². The highest BCUT2D eigenvalue weighted by Gasteiger charge is 2.36. The zero-order valence-electron chi connectivity index (χ0n) is 13.6. The first-order valence-corrected chi connectivity index (χ1v) is 10.8. The molecular formula is C14H19ClNO6PS. The molecule has 0 radical (unpaired) electrons. The molecule has 7 nitrogen and oxygen atoms in total. The Hall–Kier alpha value is -0.920. The average Bonchev–Trinajstić information content (AvgIpc) is 2.50. The largest absolute Gasteiger partial charge is 0.550 e. The Kier molecular flexibility index (Phi) is 6.09. The van der Waals surface area contributed by atoms with Gasteiger partial charge in [-0.2, -0.15) is 0 Å². The maximum absolute atomic E-state index is 12.4. The van der Waals surface area contributed by atoms with Crippen LogP contribution in [0.15, 0.2) is 28.3 Å². The highest BCUT2D eigenvalue weighted by Crippen LogP contribution is 2.49. The van der Waals surface area contributed by atoms with Crippen LogP contribution < -0.4 is 0 Å². The van der Waals surface area contributed by atoms with E-state index in [0.29, 0.717) is 16.3 Å². The number of hydrogen-bond acceptors (Lipinski definition) is 7. The van der Waals surface area contributed by atoms with Gasteiger partial charge in [-0.05, 0) is 39.0 Å². The summed E-state index contributed by atoms with van der Waals surface area (Å²) >= 11 is 5.97. The summed E-state index contributed by atoms with van der Waals surface area (Å²) in [5, 5.41) is 3.55. The fourth-order valence-corrected chi connectivity index (χ4v) is 4.99. The highest BCUT2D eigenvalue weighted by atomic mass is 35.5. The van der Waals surface area contributed by atoms with Crippen LogP contribution in [0.25, 0.3) is 0 Å². The Bertz CT molecular complexity index is 784. The van der Waals surface area contributed by atoms with Crippen molar-refractivity contribution >= 4 is 35.0 Å². The molecule has 0 aromatic heterocycles. The van der Waals surface area contributed by atoms with Crippen molar-refractivity contribution in [3.05, 3.63) is 28.8 Å². The van der Waals surface area contributed by atoms with Crippen molar-refractivity contribution in [1.82, 2.24) is 0 Å². The van der Waals surface area contributed by atoms with Crippen molar-refractivity contribution in [2.24, 2.45) is 5.16 Å². The number of phosphoric acid groups is 1. The summed E-state index contributed by atoms with van der Waals surface area (Å²) in [6.07, 6.45) is 0.105. The first kappa shape index (κ1) is 19.4. The van der Waals surface area contributed by atoms with Crippen LogP contribution in [0.3, 0.4) is 0 Å². The zero-order valence-corrected chi connectivity index (χ0v) is 16.0. The Morgan fingerprint density at radius 2 is 1.92 bits per heavy atom. The molecule has 0 saturated heterocycles. The van der Waals surface area contributed by atoms with E-state index in [1.165, 1.54) is 18.2 Å². The smallest absolute Gasteiger partial charge is 0.292 e. The first-order valence-electron chi connectivity index (χ1n) is 7.42. The fourth-order valence-electron chi connectivity index (χ4n) is 2.27. The maximum atomic E-state index is 12.4. The minimum absolute atomic E-state index is 0.105. The molecular weight excluding hydrogens is 377 g/mol. The third-order valence-electron chi connectivity index (χ3n) is 3.40. The molecule has 0 aliphatic carbocycles. The lowest BCUT2D eigenvalue weighted by Crippen LogP contribution is -2.29. The molecule has 0 spiro atoms. The van der Waals surface area contributed by atoms with Gasteiger partial charge in [0.2, 0.25) is 0 Å². The van der Waals surface area contributed by atoms with Gasteiger partial charge in [0.25, 0.3) is 0 Å². The van der Waals surface area contributed by atoms with Gasteiger partial charge in [0, 0.05) is 17.0 Å². The van der Waals surface area contributed by atoms with E-state index < -0.39 is 22.9 Å². The summed E-state index contributed by atoms with van der Waals surface area (Å²) < 4.78 is 52.2. The molecule has 1 aliphatic heterocycles. The molecule has 1 aromatic rings. The van der Waals surface area contributed by atoms with Gasteiger partial charge in [0.15, 0.2) is 9.84 Å². The molecule has 0 unspecified atom stereocenters. The van der Waals surface area contributed by atoms with Crippen LogP contribution in [-0.4, -0.2) is 32.6 Å². The van der Waals surface area contributed by atoms with Crippen LogP contribution in [0.4, 0.5) is 0 Å². The molecule has 0 amide bonds. The normalized spacial score (nSPS) is 21.5. The van der Waals surface area contributed by atoms with Crippen LogP contribution in [0.1, 0.15) is 32.8 Å². The third kappa shape index (κ3) is 4.00. The van der Waals surface area contributed by atoms with Gasteiger partial charge in [-0.25, -0.2) is 13.0 Å². The summed E-state index contributed by atoms with van der Waals surface area (Å²) in [6, 6.07) is 4.43. The van der Waals surface area contributed by atoms with Gasteiger partial charge < -0.3 is 0 Å². The molecule has 134 valence electrons. The molecule has 1 aromatic carbocycles. The highest BCUT2D eigenvalue weighted by molar-refractivity contribution is 7.92. The summed E-state index contributed by atoms with van der Waals surface area (Å²) in [7, 11) is -7.30. The fraction of sp³-hybridized carbons (Fsp3) is 0.500. The number of hydrogen-bond donors (Lipinski definition) is 0. The summed E-state index contributed by atoms with van der Waals surface area (Å²) in [5.74, 6) is 0. The van der Waals surface area contributed by atoms with Crippen molar-refractivity contribution in [2.45, 2.75) is 37.3 Å². The lowest BCUT2D eigenvalue weighted by molar-refractivity contribution is 0.124. The quantitative estimate of drug-likeness (QED) is 0.537. The van der Waals surface area contributed by atoms with Crippen molar-refractivity contribution in [3.8, 4) is 0 Å². The van der Waals surface area contributed by atoms with Crippen molar-refractivity contribution in [2.75, 3.05) is 13.2 Å². The Labute approximate surface area is 146 Å². The van der Waals surface area contributed by atoms with E-state index in [-0.39, 0.29) is 24.5 Å². The second-order valence-electron chi connectivity index (χ2n) is 5.10. The molecule has 10 heteroatoms. The lowest BCUT2D eigenvalue weighted by atomic mass is 10.1. The molecule has 1 atom stereocenters. The molecule has 0 N–H and O–H groups in total. The average molecular weight is 396 g/mol. The lowest BCUT2D eigenvalue weighted by Gasteiger charge is -2.23.